The molecule has 0 saturated heterocycles. The lowest BCUT2D eigenvalue weighted by molar-refractivity contribution is -0.137. The number of nitrogens with one attached hydrogen (secondary N) is 2. The average molecular weight is 403 g/mol. The average Bonchev–Trinajstić information content (AvgIpc) is 2.57. The molecule has 1 aromatic heterocycles. The van der Waals surface area contributed by atoms with Crippen molar-refractivity contribution in [2.75, 3.05) is 37.4 Å². The van der Waals surface area contributed by atoms with Crippen LogP contribution in [0.1, 0.15) is 11.4 Å². The maximum Gasteiger partial charge on any atom is 0.416 e. The Morgan fingerprint density at radius 2 is 1.81 bits per heavy atom. The second kappa shape index (κ2) is 8.09. The van der Waals surface area contributed by atoms with Gasteiger partial charge in [0.1, 0.15) is 17.5 Å². The fourth-order valence-corrected chi connectivity index (χ4v) is 3.25. The van der Waals surface area contributed by atoms with Crippen molar-refractivity contribution in [3.63, 3.8) is 0 Å². The quantitative estimate of drug-likeness (QED) is 0.690. The molecule has 11 heteroatoms. The van der Waals surface area contributed by atoms with Crippen LogP contribution in [0, 0.1) is 6.92 Å². The highest BCUT2D eigenvalue weighted by Gasteiger charge is 2.31. The van der Waals surface area contributed by atoms with E-state index >= 15 is 0 Å². The molecule has 0 aliphatic rings. The first-order valence-corrected chi connectivity index (χ1v) is 9.41. The molecule has 0 bridgehead atoms. The topological polar surface area (TPSA) is 87.2 Å². The zero-order chi connectivity index (χ0) is 20.2. The zero-order valence-electron chi connectivity index (χ0n) is 15.0. The van der Waals surface area contributed by atoms with Gasteiger partial charge in [0, 0.05) is 33.3 Å². The number of rotatable bonds is 7. The molecule has 2 rings (SSSR count). The van der Waals surface area contributed by atoms with E-state index in [9.17, 15) is 21.6 Å². The van der Waals surface area contributed by atoms with Gasteiger partial charge in [-0.1, -0.05) is 6.07 Å². The lowest BCUT2D eigenvalue weighted by atomic mass is 10.2. The summed E-state index contributed by atoms with van der Waals surface area (Å²) in [6.07, 6.45) is -4.61. The van der Waals surface area contributed by atoms with Crippen molar-refractivity contribution >= 4 is 21.7 Å². The van der Waals surface area contributed by atoms with E-state index < -0.39 is 26.7 Å². The minimum absolute atomic E-state index is 0.0288. The summed E-state index contributed by atoms with van der Waals surface area (Å²) in [5.41, 5.74) is -1.02. The SMILES string of the molecule is Cc1nc(NCCNS(=O)(=O)c2cccc(C(F)(F)F)c2)cc(N(C)C)n1. The number of aryl methyl sites for hydroxylation is 1. The highest BCUT2D eigenvalue weighted by Crippen LogP contribution is 2.30. The summed E-state index contributed by atoms with van der Waals surface area (Å²) in [5, 5.41) is 2.96. The van der Waals surface area contributed by atoms with E-state index in [1.165, 1.54) is 0 Å². The van der Waals surface area contributed by atoms with Crippen molar-refractivity contribution in [2.45, 2.75) is 18.0 Å². The van der Waals surface area contributed by atoms with E-state index in [4.69, 9.17) is 0 Å². The molecule has 7 nitrogen and oxygen atoms in total. The van der Waals surface area contributed by atoms with Gasteiger partial charge in [-0.15, -0.1) is 0 Å². The third-order valence-corrected chi connectivity index (χ3v) is 4.94. The van der Waals surface area contributed by atoms with Gasteiger partial charge in [-0.3, -0.25) is 0 Å². The lowest BCUT2D eigenvalue weighted by Gasteiger charge is -2.14. The third-order valence-electron chi connectivity index (χ3n) is 3.48. The molecule has 0 unspecified atom stereocenters. The van der Waals surface area contributed by atoms with E-state index in [1.807, 2.05) is 14.1 Å². The largest absolute Gasteiger partial charge is 0.416 e. The number of alkyl halides is 3. The number of hydrogen-bond acceptors (Lipinski definition) is 6. The van der Waals surface area contributed by atoms with Crippen LogP contribution in [-0.2, 0) is 16.2 Å². The van der Waals surface area contributed by atoms with Gasteiger partial charge in [-0.25, -0.2) is 23.1 Å². The lowest BCUT2D eigenvalue weighted by Crippen LogP contribution is -2.29. The normalized spacial score (nSPS) is 12.1. The Labute approximate surface area is 155 Å². The molecule has 2 N–H and O–H groups in total. The van der Waals surface area contributed by atoms with Crippen LogP contribution in [0.3, 0.4) is 0 Å². The number of aromatic nitrogens is 2. The summed E-state index contributed by atoms with van der Waals surface area (Å²) >= 11 is 0. The first-order chi connectivity index (χ1) is 12.5. The zero-order valence-corrected chi connectivity index (χ0v) is 15.8. The summed E-state index contributed by atoms with van der Waals surface area (Å²) < 4.78 is 64.8. The predicted octanol–water partition coefficient (Wildman–Crippen LogP) is 2.26. The second-order valence-corrected chi connectivity index (χ2v) is 7.67. The molecular formula is C16H20F3N5O2S. The van der Waals surface area contributed by atoms with Gasteiger partial charge < -0.3 is 10.2 Å². The van der Waals surface area contributed by atoms with E-state index in [1.54, 1.807) is 17.9 Å². The molecule has 1 aromatic carbocycles. The number of hydrogen-bond donors (Lipinski definition) is 2. The molecule has 1 heterocycles. The van der Waals surface area contributed by atoms with Crippen molar-refractivity contribution < 1.29 is 21.6 Å². The molecule has 0 saturated carbocycles. The third kappa shape index (κ3) is 5.79. The number of anilines is 2. The molecule has 0 aliphatic heterocycles. The monoisotopic (exact) mass is 403 g/mol. The summed E-state index contributed by atoms with van der Waals surface area (Å²) in [4.78, 5) is 9.80. The van der Waals surface area contributed by atoms with Crippen molar-refractivity contribution in [1.82, 2.24) is 14.7 Å². The van der Waals surface area contributed by atoms with Crippen molar-refractivity contribution in [3.05, 3.63) is 41.7 Å². The number of halogens is 3. The summed E-state index contributed by atoms with van der Waals surface area (Å²) in [6.45, 7) is 1.90. The fourth-order valence-electron chi connectivity index (χ4n) is 2.17. The maximum absolute atomic E-state index is 12.7. The summed E-state index contributed by atoms with van der Waals surface area (Å²) in [7, 11) is -0.402. The first kappa shape index (κ1) is 20.9. The van der Waals surface area contributed by atoms with Crippen LogP contribution in [-0.4, -0.2) is 45.6 Å². The predicted molar refractivity (Wildman–Crippen MR) is 96.2 cm³/mol. The smallest absolute Gasteiger partial charge is 0.369 e. The number of benzene rings is 1. The van der Waals surface area contributed by atoms with Gasteiger partial charge in [0.05, 0.1) is 10.5 Å². The van der Waals surface area contributed by atoms with E-state index in [0.717, 1.165) is 18.2 Å². The fraction of sp³-hybridized carbons (Fsp3) is 0.375. The van der Waals surface area contributed by atoms with Crippen LogP contribution in [0.25, 0.3) is 0 Å². The Bertz CT molecular complexity index is 901. The minimum atomic E-state index is -4.61. The minimum Gasteiger partial charge on any atom is -0.369 e. The summed E-state index contributed by atoms with van der Waals surface area (Å²) in [5.74, 6) is 1.76. The molecule has 2 aromatic rings. The van der Waals surface area contributed by atoms with E-state index in [0.29, 0.717) is 23.5 Å². The van der Waals surface area contributed by atoms with Gasteiger partial charge >= 0.3 is 6.18 Å². The molecule has 0 amide bonds. The van der Waals surface area contributed by atoms with Crippen LogP contribution >= 0.6 is 0 Å². The molecule has 0 radical (unpaired) electrons. The summed E-state index contributed by atoms with van der Waals surface area (Å²) in [6, 6.07) is 5.30. The Morgan fingerprint density at radius 3 is 2.44 bits per heavy atom. The standard InChI is InChI=1S/C16H20F3N5O2S/c1-11-22-14(10-15(23-11)24(2)3)20-7-8-21-27(25,26)13-6-4-5-12(9-13)16(17,18)19/h4-6,9-10,21H,7-8H2,1-3H3,(H,20,22,23). The molecule has 0 atom stereocenters. The highest BCUT2D eigenvalue weighted by atomic mass is 32.2. The van der Waals surface area contributed by atoms with Crippen LogP contribution in [0.5, 0.6) is 0 Å². The second-order valence-electron chi connectivity index (χ2n) is 5.90. The highest BCUT2D eigenvalue weighted by molar-refractivity contribution is 7.89. The van der Waals surface area contributed by atoms with Crippen LogP contribution in [0.15, 0.2) is 35.2 Å². The maximum atomic E-state index is 12.7. The van der Waals surface area contributed by atoms with Crippen molar-refractivity contribution in [3.8, 4) is 0 Å². The van der Waals surface area contributed by atoms with Crippen LogP contribution in [0.2, 0.25) is 0 Å². The van der Waals surface area contributed by atoms with Gasteiger partial charge in [0.15, 0.2) is 0 Å². The number of sulfonamides is 1. The first-order valence-electron chi connectivity index (χ1n) is 7.93. The van der Waals surface area contributed by atoms with Gasteiger partial charge in [0.2, 0.25) is 10.0 Å². The Hall–Kier alpha value is -2.40. The van der Waals surface area contributed by atoms with Crippen molar-refractivity contribution in [2.24, 2.45) is 0 Å². The van der Waals surface area contributed by atoms with Gasteiger partial charge in [-0.2, -0.15) is 13.2 Å². The van der Waals surface area contributed by atoms with Crippen LogP contribution in [0.4, 0.5) is 24.8 Å². The van der Waals surface area contributed by atoms with Gasteiger partial charge in [0.25, 0.3) is 0 Å². The van der Waals surface area contributed by atoms with Crippen LogP contribution < -0.4 is 14.9 Å². The molecule has 0 fully saturated rings. The Morgan fingerprint density at radius 1 is 1.11 bits per heavy atom. The molecule has 0 spiro atoms. The molecule has 148 valence electrons. The Kier molecular flexibility index (Phi) is 6.26. The Balaban J connectivity index is 1.99. The van der Waals surface area contributed by atoms with E-state index in [2.05, 4.69) is 20.0 Å². The molecule has 0 aliphatic carbocycles. The number of nitrogens with zero attached hydrogens (tertiary/aromatic N) is 3. The molecular weight excluding hydrogens is 383 g/mol. The van der Waals surface area contributed by atoms with Crippen molar-refractivity contribution in [1.29, 1.82) is 0 Å². The molecule has 27 heavy (non-hydrogen) atoms. The van der Waals surface area contributed by atoms with E-state index in [-0.39, 0.29) is 13.1 Å². The van der Waals surface area contributed by atoms with Gasteiger partial charge in [-0.05, 0) is 25.1 Å².